The Labute approximate surface area is 164 Å². The Kier molecular flexibility index (Phi) is 6.48. The van der Waals surface area contributed by atoms with Crippen LogP contribution in [-0.4, -0.2) is 53.8 Å². The molecule has 1 aliphatic rings. The quantitative estimate of drug-likeness (QED) is 0.879. The summed E-state index contributed by atoms with van der Waals surface area (Å²) in [5.41, 5.74) is 7.77. The maximum atomic E-state index is 12.7. The number of hydrogen-bond acceptors (Lipinski definition) is 3. The largest absolute Gasteiger partial charge is 0.339 e. The molecule has 2 N–H and O–H groups in total. The van der Waals surface area contributed by atoms with Crippen molar-refractivity contribution in [3.63, 3.8) is 0 Å². The van der Waals surface area contributed by atoms with Gasteiger partial charge in [0.05, 0.1) is 6.04 Å². The molecule has 0 aromatic heterocycles. The van der Waals surface area contributed by atoms with Crippen molar-refractivity contribution in [2.45, 2.75) is 18.9 Å². The third-order valence-electron chi connectivity index (χ3n) is 4.78. The van der Waals surface area contributed by atoms with Crippen LogP contribution in [0.25, 0.3) is 0 Å². The van der Waals surface area contributed by atoms with Crippen LogP contribution >= 0.6 is 11.6 Å². The van der Waals surface area contributed by atoms with E-state index in [-0.39, 0.29) is 11.8 Å². The zero-order valence-corrected chi connectivity index (χ0v) is 15.9. The first-order valence-electron chi connectivity index (χ1n) is 9.18. The van der Waals surface area contributed by atoms with E-state index < -0.39 is 6.04 Å². The van der Waals surface area contributed by atoms with Crippen molar-refractivity contribution in [1.82, 2.24) is 9.80 Å². The normalized spacial score (nSPS) is 15.9. The molecule has 0 saturated carbocycles. The highest BCUT2D eigenvalue weighted by Crippen LogP contribution is 2.15. The lowest BCUT2D eigenvalue weighted by molar-refractivity contribution is -0.132. The molecule has 0 unspecified atom stereocenters. The van der Waals surface area contributed by atoms with Crippen LogP contribution in [0, 0.1) is 0 Å². The predicted molar refractivity (Wildman–Crippen MR) is 107 cm³/mol. The van der Waals surface area contributed by atoms with Gasteiger partial charge >= 0.3 is 0 Å². The van der Waals surface area contributed by atoms with E-state index in [9.17, 15) is 9.59 Å². The molecule has 142 valence electrons. The average Bonchev–Trinajstić information content (AvgIpc) is 2.94. The fourth-order valence-corrected chi connectivity index (χ4v) is 3.53. The fourth-order valence-electron chi connectivity index (χ4n) is 3.33. The van der Waals surface area contributed by atoms with E-state index in [1.807, 2.05) is 30.3 Å². The van der Waals surface area contributed by atoms with E-state index in [1.54, 1.807) is 34.1 Å². The van der Waals surface area contributed by atoms with Crippen molar-refractivity contribution in [2.75, 3.05) is 26.2 Å². The van der Waals surface area contributed by atoms with Gasteiger partial charge in [0.1, 0.15) is 0 Å². The van der Waals surface area contributed by atoms with Crippen LogP contribution in [0.4, 0.5) is 0 Å². The first-order valence-corrected chi connectivity index (χ1v) is 9.55. The van der Waals surface area contributed by atoms with Gasteiger partial charge in [0, 0.05) is 36.8 Å². The summed E-state index contributed by atoms with van der Waals surface area (Å²) in [5, 5.41) is 0.541. The third kappa shape index (κ3) is 5.08. The van der Waals surface area contributed by atoms with Gasteiger partial charge in [-0.2, -0.15) is 0 Å². The molecule has 2 aromatic rings. The summed E-state index contributed by atoms with van der Waals surface area (Å²) in [4.78, 5) is 29.0. The molecule has 1 atom stereocenters. The molecule has 1 aliphatic heterocycles. The third-order valence-corrected chi connectivity index (χ3v) is 5.02. The lowest BCUT2D eigenvalue weighted by atomic mass is 10.1. The Hall–Kier alpha value is -2.37. The summed E-state index contributed by atoms with van der Waals surface area (Å²) in [5.74, 6) is -0.115. The summed E-state index contributed by atoms with van der Waals surface area (Å²) in [6, 6.07) is 16.2. The molecule has 5 nitrogen and oxygen atoms in total. The molecule has 0 bridgehead atoms. The minimum absolute atomic E-state index is 0.0552. The van der Waals surface area contributed by atoms with Crippen LogP contribution in [-0.2, 0) is 11.2 Å². The van der Waals surface area contributed by atoms with Gasteiger partial charge in [-0.3, -0.25) is 9.59 Å². The lowest BCUT2D eigenvalue weighted by Crippen LogP contribution is -2.46. The standard InChI is InChI=1S/C21H24ClN3O2/c22-18-9-4-8-17(15-18)20(26)24-10-5-11-25(13-12-24)21(27)19(23)14-16-6-2-1-3-7-16/h1-4,6-9,15,19H,5,10-14,23H2/t19-/m0/s1. The highest BCUT2D eigenvalue weighted by Gasteiger charge is 2.26. The molecule has 1 heterocycles. The van der Waals surface area contributed by atoms with E-state index in [4.69, 9.17) is 17.3 Å². The number of benzene rings is 2. The number of halogens is 1. The molecule has 2 amide bonds. The average molecular weight is 386 g/mol. The summed E-state index contributed by atoms with van der Waals surface area (Å²) in [6.45, 7) is 2.21. The van der Waals surface area contributed by atoms with Crippen LogP contribution in [0.3, 0.4) is 0 Å². The first kappa shape index (κ1) is 19.4. The molecule has 0 radical (unpaired) electrons. The molecule has 1 fully saturated rings. The van der Waals surface area contributed by atoms with Gasteiger partial charge in [-0.25, -0.2) is 0 Å². The Morgan fingerprint density at radius 1 is 0.963 bits per heavy atom. The van der Waals surface area contributed by atoms with Gasteiger partial charge in [-0.15, -0.1) is 0 Å². The van der Waals surface area contributed by atoms with Crippen molar-refractivity contribution in [2.24, 2.45) is 5.73 Å². The Morgan fingerprint density at radius 3 is 2.41 bits per heavy atom. The van der Waals surface area contributed by atoms with Gasteiger partial charge in [0.15, 0.2) is 0 Å². The SMILES string of the molecule is N[C@@H](Cc1ccccc1)C(=O)N1CCCN(C(=O)c2cccc(Cl)c2)CC1. The number of carbonyl (C=O) groups excluding carboxylic acids is 2. The number of carbonyl (C=O) groups is 2. The molecule has 1 saturated heterocycles. The molecule has 27 heavy (non-hydrogen) atoms. The molecular formula is C21H24ClN3O2. The van der Waals surface area contributed by atoms with Gasteiger partial charge in [0.2, 0.25) is 5.91 Å². The monoisotopic (exact) mass is 385 g/mol. The minimum Gasteiger partial charge on any atom is -0.339 e. The molecular weight excluding hydrogens is 362 g/mol. The van der Waals surface area contributed by atoms with Crippen molar-refractivity contribution < 1.29 is 9.59 Å². The van der Waals surface area contributed by atoms with E-state index in [2.05, 4.69) is 0 Å². The van der Waals surface area contributed by atoms with E-state index in [0.717, 1.165) is 12.0 Å². The number of nitrogens with zero attached hydrogens (tertiary/aromatic N) is 2. The number of amides is 2. The van der Waals surface area contributed by atoms with Gasteiger partial charge < -0.3 is 15.5 Å². The Morgan fingerprint density at radius 2 is 1.67 bits per heavy atom. The van der Waals surface area contributed by atoms with Crippen molar-refractivity contribution in [1.29, 1.82) is 0 Å². The highest BCUT2D eigenvalue weighted by atomic mass is 35.5. The summed E-state index contributed by atoms with van der Waals surface area (Å²) in [7, 11) is 0. The fraction of sp³-hybridized carbons (Fsp3) is 0.333. The van der Waals surface area contributed by atoms with E-state index >= 15 is 0 Å². The Bertz CT molecular complexity index is 797. The maximum Gasteiger partial charge on any atom is 0.253 e. The van der Waals surface area contributed by atoms with Gasteiger partial charge in [-0.05, 0) is 36.6 Å². The summed E-state index contributed by atoms with van der Waals surface area (Å²) < 4.78 is 0. The highest BCUT2D eigenvalue weighted by molar-refractivity contribution is 6.30. The maximum absolute atomic E-state index is 12.7. The summed E-state index contributed by atoms with van der Waals surface area (Å²) in [6.07, 6.45) is 1.25. The van der Waals surface area contributed by atoms with E-state index in [0.29, 0.717) is 43.2 Å². The van der Waals surface area contributed by atoms with Crippen LogP contribution in [0.5, 0.6) is 0 Å². The lowest BCUT2D eigenvalue weighted by Gasteiger charge is -2.25. The number of hydrogen-bond donors (Lipinski definition) is 1. The van der Waals surface area contributed by atoms with Crippen LogP contribution < -0.4 is 5.73 Å². The molecule has 6 heteroatoms. The number of nitrogens with two attached hydrogens (primary N) is 1. The predicted octanol–water partition coefficient (Wildman–Crippen LogP) is 2.58. The Balaban J connectivity index is 1.59. The summed E-state index contributed by atoms with van der Waals surface area (Å²) >= 11 is 5.99. The first-order chi connectivity index (χ1) is 13.0. The van der Waals surface area contributed by atoms with Crippen molar-refractivity contribution in [3.05, 3.63) is 70.7 Å². The van der Waals surface area contributed by atoms with Gasteiger partial charge in [0.25, 0.3) is 5.91 Å². The van der Waals surface area contributed by atoms with Gasteiger partial charge in [-0.1, -0.05) is 48.0 Å². The zero-order valence-electron chi connectivity index (χ0n) is 15.2. The van der Waals surface area contributed by atoms with Crippen molar-refractivity contribution >= 4 is 23.4 Å². The van der Waals surface area contributed by atoms with Crippen LogP contribution in [0.15, 0.2) is 54.6 Å². The second kappa shape index (κ2) is 9.02. The second-order valence-corrected chi connectivity index (χ2v) is 7.21. The molecule has 0 aliphatic carbocycles. The van der Waals surface area contributed by atoms with Crippen LogP contribution in [0.1, 0.15) is 22.3 Å². The molecule has 0 spiro atoms. The van der Waals surface area contributed by atoms with Crippen molar-refractivity contribution in [3.8, 4) is 0 Å². The topological polar surface area (TPSA) is 66.6 Å². The zero-order chi connectivity index (χ0) is 19.2. The number of rotatable bonds is 4. The minimum atomic E-state index is -0.567. The molecule has 3 rings (SSSR count). The van der Waals surface area contributed by atoms with Crippen LogP contribution in [0.2, 0.25) is 5.02 Å². The smallest absolute Gasteiger partial charge is 0.253 e. The van der Waals surface area contributed by atoms with E-state index in [1.165, 1.54) is 0 Å². The molecule has 2 aromatic carbocycles. The second-order valence-electron chi connectivity index (χ2n) is 6.78.